The lowest BCUT2D eigenvalue weighted by Crippen LogP contribution is -2.51. The summed E-state index contributed by atoms with van der Waals surface area (Å²) >= 11 is 1.68. The summed E-state index contributed by atoms with van der Waals surface area (Å²) in [4.78, 5) is 13.4. The largest absolute Gasteiger partial charge is 0.372 e. The van der Waals surface area contributed by atoms with E-state index in [4.69, 9.17) is 10.5 Å². The van der Waals surface area contributed by atoms with E-state index in [1.807, 2.05) is 29.8 Å². The molecule has 0 atom stereocenters. The number of piperazine rings is 1. The molecular formula is C23H27N5OS. The van der Waals surface area contributed by atoms with Gasteiger partial charge >= 0.3 is 0 Å². The van der Waals surface area contributed by atoms with Crippen molar-refractivity contribution in [2.75, 3.05) is 31.1 Å². The van der Waals surface area contributed by atoms with Crippen molar-refractivity contribution in [2.45, 2.75) is 19.8 Å². The van der Waals surface area contributed by atoms with Gasteiger partial charge in [0.05, 0.1) is 19.8 Å². The Morgan fingerprint density at radius 2 is 1.60 bits per heavy atom. The van der Waals surface area contributed by atoms with Crippen molar-refractivity contribution in [1.29, 1.82) is 0 Å². The molecule has 2 N–H and O–H groups in total. The Labute approximate surface area is 181 Å². The quantitative estimate of drug-likeness (QED) is 0.467. The van der Waals surface area contributed by atoms with Crippen LogP contribution in [0.3, 0.4) is 0 Å². The van der Waals surface area contributed by atoms with Gasteiger partial charge in [-0.05, 0) is 16.7 Å². The normalized spacial score (nSPS) is 14.9. The molecule has 0 bridgehead atoms. The van der Waals surface area contributed by atoms with Gasteiger partial charge in [0.2, 0.25) is 0 Å². The molecule has 0 amide bonds. The van der Waals surface area contributed by atoms with Gasteiger partial charge in [0, 0.05) is 37.8 Å². The van der Waals surface area contributed by atoms with Crippen molar-refractivity contribution in [1.82, 2.24) is 9.88 Å². The van der Waals surface area contributed by atoms with Crippen molar-refractivity contribution >= 4 is 22.4 Å². The average molecular weight is 422 g/mol. The fraction of sp³-hybridized carbons (Fsp3) is 0.304. The molecule has 4 rings (SSSR count). The number of benzene rings is 2. The molecule has 6 nitrogen and oxygen atoms in total. The number of aromatic nitrogens is 1. The van der Waals surface area contributed by atoms with Crippen LogP contribution >= 0.6 is 11.3 Å². The van der Waals surface area contributed by atoms with Gasteiger partial charge in [-0.1, -0.05) is 54.6 Å². The molecule has 0 unspecified atom stereocenters. The summed E-state index contributed by atoms with van der Waals surface area (Å²) in [5.41, 5.74) is 9.72. The summed E-state index contributed by atoms with van der Waals surface area (Å²) in [6.07, 6.45) is 1.85. The van der Waals surface area contributed by atoms with E-state index in [9.17, 15) is 0 Å². The summed E-state index contributed by atoms with van der Waals surface area (Å²) in [5, 5.41) is 3.09. The first-order valence-electron chi connectivity index (χ1n) is 10.2. The van der Waals surface area contributed by atoms with Crippen LogP contribution < -0.4 is 10.6 Å². The number of guanidine groups is 1. The van der Waals surface area contributed by atoms with E-state index in [-0.39, 0.29) is 0 Å². The van der Waals surface area contributed by atoms with Crippen LogP contribution in [-0.2, 0) is 24.5 Å². The summed E-state index contributed by atoms with van der Waals surface area (Å²) in [7, 11) is 0. The highest BCUT2D eigenvalue weighted by Gasteiger charge is 2.19. The van der Waals surface area contributed by atoms with Gasteiger partial charge in [-0.15, -0.1) is 11.3 Å². The molecule has 1 aliphatic rings. The number of rotatable bonds is 7. The van der Waals surface area contributed by atoms with Crippen molar-refractivity contribution in [2.24, 2.45) is 10.7 Å². The highest BCUT2D eigenvalue weighted by atomic mass is 32.1. The summed E-state index contributed by atoms with van der Waals surface area (Å²) in [6, 6.07) is 18.6. The number of nitrogens with zero attached hydrogens (tertiary/aromatic N) is 4. The van der Waals surface area contributed by atoms with Gasteiger partial charge in [-0.3, -0.25) is 0 Å². The predicted octanol–water partition coefficient (Wildman–Crippen LogP) is 3.50. The number of hydrogen-bond donors (Lipinski definition) is 1. The fourth-order valence-electron chi connectivity index (χ4n) is 3.37. The predicted molar refractivity (Wildman–Crippen MR) is 123 cm³/mol. The number of aliphatic imine (C=N–C) groups is 1. The van der Waals surface area contributed by atoms with Gasteiger partial charge in [0.1, 0.15) is 0 Å². The van der Waals surface area contributed by atoms with Gasteiger partial charge in [-0.25, -0.2) is 9.98 Å². The van der Waals surface area contributed by atoms with Crippen LogP contribution in [0.15, 0.2) is 71.2 Å². The monoisotopic (exact) mass is 421 g/mol. The SMILES string of the molecule is NC(=NCc1ccc(COCc2ccccc2)cc1)N1CCN(c2nccs2)CC1. The first-order valence-corrected chi connectivity index (χ1v) is 11.0. The third-order valence-electron chi connectivity index (χ3n) is 5.12. The van der Waals surface area contributed by atoms with E-state index >= 15 is 0 Å². The van der Waals surface area contributed by atoms with Crippen LogP contribution in [0.25, 0.3) is 0 Å². The number of nitrogens with two attached hydrogens (primary N) is 1. The zero-order chi connectivity index (χ0) is 20.6. The molecule has 1 aliphatic heterocycles. The Bertz CT molecular complexity index is 920. The Balaban J connectivity index is 1.22. The van der Waals surface area contributed by atoms with Crippen molar-refractivity contribution in [3.05, 3.63) is 82.9 Å². The minimum atomic E-state index is 0.587. The van der Waals surface area contributed by atoms with E-state index in [0.717, 1.165) is 42.4 Å². The molecule has 1 fully saturated rings. The first kappa shape index (κ1) is 20.4. The third-order valence-corrected chi connectivity index (χ3v) is 5.95. The molecule has 2 aromatic carbocycles. The topological polar surface area (TPSA) is 67.0 Å². The van der Waals surface area contributed by atoms with Gasteiger partial charge in [-0.2, -0.15) is 0 Å². The zero-order valence-corrected chi connectivity index (χ0v) is 17.8. The minimum absolute atomic E-state index is 0.587. The van der Waals surface area contributed by atoms with Gasteiger partial charge in [0.25, 0.3) is 0 Å². The summed E-state index contributed by atoms with van der Waals surface area (Å²) < 4.78 is 5.80. The second-order valence-corrected chi connectivity index (χ2v) is 8.13. The highest BCUT2D eigenvalue weighted by molar-refractivity contribution is 7.13. The van der Waals surface area contributed by atoms with Crippen molar-refractivity contribution in [3.8, 4) is 0 Å². The maximum Gasteiger partial charge on any atom is 0.191 e. The molecule has 30 heavy (non-hydrogen) atoms. The van der Waals surface area contributed by atoms with E-state index in [0.29, 0.717) is 25.7 Å². The maximum absolute atomic E-state index is 6.24. The number of thiazole rings is 1. The van der Waals surface area contributed by atoms with Crippen LogP contribution in [0, 0.1) is 0 Å². The second-order valence-electron chi connectivity index (χ2n) is 7.26. The van der Waals surface area contributed by atoms with Crippen molar-refractivity contribution in [3.63, 3.8) is 0 Å². The third kappa shape index (κ3) is 5.58. The molecule has 1 aromatic heterocycles. The van der Waals surface area contributed by atoms with Gasteiger partial charge < -0.3 is 20.3 Å². The molecule has 0 saturated carbocycles. The van der Waals surface area contributed by atoms with E-state index in [2.05, 4.69) is 56.2 Å². The zero-order valence-electron chi connectivity index (χ0n) is 17.0. The standard InChI is InChI=1S/C23H27N5OS/c24-22(27-11-13-28(14-12-27)23-25-10-15-30-23)26-16-19-6-8-21(9-7-19)18-29-17-20-4-2-1-3-5-20/h1-10,15H,11-14,16-18H2,(H2,24,26). The first-order chi connectivity index (χ1) is 14.8. The number of anilines is 1. The highest BCUT2D eigenvalue weighted by Crippen LogP contribution is 2.18. The fourth-order valence-corrected chi connectivity index (χ4v) is 4.07. The molecule has 2 heterocycles. The lowest BCUT2D eigenvalue weighted by Gasteiger charge is -2.35. The Morgan fingerprint density at radius 1 is 0.933 bits per heavy atom. The molecule has 0 radical (unpaired) electrons. The van der Waals surface area contributed by atoms with E-state index in [1.54, 1.807) is 11.3 Å². The molecule has 7 heteroatoms. The number of ether oxygens (including phenoxy) is 1. The summed E-state index contributed by atoms with van der Waals surface area (Å²) in [6.45, 7) is 5.38. The minimum Gasteiger partial charge on any atom is -0.372 e. The van der Waals surface area contributed by atoms with Crippen LogP contribution in [0.1, 0.15) is 16.7 Å². The average Bonchev–Trinajstić information content (AvgIpc) is 3.34. The lowest BCUT2D eigenvalue weighted by molar-refractivity contribution is 0.107. The maximum atomic E-state index is 6.24. The molecular weight excluding hydrogens is 394 g/mol. The van der Waals surface area contributed by atoms with Crippen LogP contribution in [0.4, 0.5) is 5.13 Å². The van der Waals surface area contributed by atoms with E-state index in [1.165, 1.54) is 5.56 Å². The van der Waals surface area contributed by atoms with Crippen LogP contribution in [-0.4, -0.2) is 42.0 Å². The summed E-state index contributed by atoms with van der Waals surface area (Å²) in [5.74, 6) is 0.615. The Kier molecular flexibility index (Phi) is 6.95. The van der Waals surface area contributed by atoms with Gasteiger partial charge in [0.15, 0.2) is 11.1 Å². The molecule has 3 aromatic rings. The molecule has 0 aliphatic carbocycles. The Hall–Kier alpha value is -2.90. The smallest absolute Gasteiger partial charge is 0.191 e. The second kappa shape index (κ2) is 10.2. The number of hydrogen-bond acceptors (Lipinski definition) is 5. The molecule has 156 valence electrons. The molecule has 1 saturated heterocycles. The van der Waals surface area contributed by atoms with Crippen molar-refractivity contribution < 1.29 is 4.74 Å². The Morgan fingerprint density at radius 3 is 2.27 bits per heavy atom. The lowest BCUT2D eigenvalue weighted by atomic mass is 10.1. The van der Waals surface area contributed by atoms with Crippen LogP contribution in [0.2, 0.25) is 0 Å². The van der Waals surface area contributed by atoms with Crippen LogP contribution in [0.5, 0.6) is 0 Å². The molecule has 0 spiro atoms. The van der Waals surface area contributed by atoms with E-state index < -0.39 is 0 Å².